The van der Waals surface area contributed by atoms with Crippen molar-refractivity contribution in [1.82, 2.24) is 0 Å². The van der Waals surface area contributed by atoms with Crippen molar-refractivity contribution in [2.45, 2.75) is 13.0 Å². The van der Waals surface area contributed by atoms with E-state index in [9.17, 15) is 0 Å². The highest BCUT2D eigenvalue weighted by atomic mass is 16.6. The van der Waals surface area contributed by atoms with Gasteiger partial charge in [-0.1, -0.05) is 0 Å². The van der Waals surface area contributed by atoms with Crippen LogP contribution in [0.1, 0.15) is 5.56 Å². The number of ether oxygens (including phenoxy) is 2. The van der Waals surface area contributed by atoms with Crippen LogP contribution >= 0.6 is 0 Å². The van der Waals surface area contributed by atoms with Gasteiger partial charge in [-0.3, -0.25) is 0 Å². The predicted molar refractivity (Wildman–Crippen MR) is 50.8 cm³/mol. The van der Waals surface area contributed by atoms with Crippen LogP contribution < -0.4 is 10.5 Å². The fraction of sp³-hybridized carbons (Fsp3) is 0.400. The molecule has 3 nitrogen and oxygen atoms in total. The molecule has 1 aliphatic heterocycles. The molecule has 13 heavy (non-hydrogen) atoms. The Bertz CT molecular complexity index is 288. The third-order valence-corrected chi connectivity index (χ3v) is 1.98. The number of hydrogen-bond acceptors (Lipinski definition) is 3. The number of aryl methyl sites for hydroxylation is 1. The second-order valence-corrected chi connectivity index (χ2v) is 3.36. The molecule has 0 aromatic heterocycles. The van der Waals surface area contributed by atoms with Crippen LogP contribution in [-0.2, 0) is 4.74 Å². The van der Waals surface area contributed by atoms with Gasteiger partial charge < -0.3 is 15.2 Å². The standard InChI is InChI=1S/C10H13NO2/c1-7-2-8(11)4-9(3-7)13-10-5-12-6-10/h2-4,10H,5-6,11H2,1H3. The van der Waals surface area contributed by atoms with Crippen molar-refractivity contribution in [2.24, 2.45) is 0 Å². The molecule has 0 atom stereocenters. The maximum Gasteiger partial charge on any atom is 0.145 e. The van der Waals surface area contributed by atoms with Gasteiger partial charge in [0.15, 0.2) is 0 Å². The predicted octanol–water partition coefficient (Wildman–Crippen LogP) is 1.35. The molecule has 0 unspecified atom stereocenters. The Morgan fingerprint density at radius 2 is 2.15 bits per heavy atom. The molecule has 0 saturated carbocycles. The third-order valence-electron chi connectivity index (χ3n) is 1.98. The summed E-state index contributed by atoms with van der Waals surface area (Å²) in [5.74, 6) is 0.839. The number of rotatable bonds is 2. The van der Waals surface area contributed by atoms with Gasteiger partial charge in [-0.15, -0.1) is 0 Å². The maximum absolute atomic E-state index is 5.68. The zero-order chi connectivity index (χ0) is 9.26. The molecule has 2 rings (SSSR count). The quantitative estimate of drug-likeness (QED) is 0.697. The molecule has 1 aromatic carbocycles. The largest absolute Gasteiger partial charge is 0.486 e. The molecule has 1 aliphatic rings. The summed E-state index contributed by atoms with van der Waals surface area (Å²) in [4.78, 5) is 0. The van der Waals surface area contributed by atoms with Crippen LogP contribution in [0, 0.1) is 6.92 Å². The van der Waals surface area contributed by atoms with Crippen molar-refractivity contribution in [2.75, 3.05) is 18.9 Å². The number of nitrogens with two attached hydrogens (primary N) is 1. The van der Waals surface area contributed by atoms with Gasteiger partial charge >= 0.3 is 0 Å². The molecule has 1 aromatic rings. The zero-order valence-corrected chi connectivity index (χ0v) is 7.62. The van der Waals surface area contributed by atoms with Crippen LogP contribution in [-0.4, -0.2) is 19.3 Å². The monoisotopic (exact) mass is 179 g/mol. The minimum atomic E-state index is 0.209. The second kappa shape index (κ2) is 3.26. The highest BCUT2D eigenvalue weighted by molar-refractivity contribution is 5.47. The summed E-state index contributed by atoms with van der Waals surface area (Å²) >= 11 is 0. The Balaban J connectivity index is 2.10. The number of benzene rings is 1. The van der Waals surface area contributed by atoms with E-state index in [4.69, 9.17) is 15.2 Å². The molecule has 1 saturated heterocycles. The molecule has 1 heterocycles. The van der Waals surface area contributed by atoms with Gasteiger partial charge in [0.2, 0.25) is 0 Å². The average molecular weight is 179 g/mol. The van der Waals surface area contributed by atoms with Crippen molar-refractivity contribution in [3.63, 3.8) is 0 Å². The van der Waals surface area contributed by atoms with Crippen LogP contribution in [0.4, 0.5) is 5.69 Å². The average Bonchev–Trinajstić information content (AvgIpc) is 1.95. The lowest BCUT2D eigenvalue weighted by Gasteiger charge is -2.26. The van der Waals surface area contributed by atoms with E-state index in [1.54, 1.807) is 0 Å². The van der Waals surface area contributed by atoms with E-state index >= 15 is 0 Å². The first kappa shape index (κ1) is 8.38. The fourth-order valence-corrected chi connectivity index (χ4v) is 1.32. The van der Waals surface area contributed by atoms with E-state index in [-0.39, 0.29) is 6.10 Å². The van der Waals surface area contributed by atoms with Crippen LogP contribution in [0.2, 0.25) is 0 Å². The summed E-state index contributed by atoms with van der Waals surface area (Å²) in [5, 5.41) is 0. The number of anilines is 1. The summed E-state index contributed by atoms with van der Waals surface area (Å²) in [6.07, 6.45) is 0.209. The second-order valence-electron chi connectivity index (χ2n) is 3.36. The van der Waals surface area contributed by atoms with Gasteiger partial charge in [0, 0.05) is 11.8 Å². The Labute approximate surface area is 77.5 Å². The highest BCUT2D eigenvalue weighted by Crippen LogP contribution is 2.21. The van der Waals surface area contributed by atoms with Crippen LogP contribution in [0.25, 0.3) is 0 Å². The normalized spacial score (nSPS) is 16.7. The molecule has 0 radical (unpaired) electrons. The molecular weight excluding hydrogens is 166 g/mol. The van der Waals surface area contributed by atoms with E-state index in [1.165, 1.54) is 0 Å². The molecule has 2 N–H and O–H groups in total. The van der Waals surface area contributed by atoms with Crippen LogP contribution in [0.5, 0.6) is 5.75 Å². The highest BCUT2D eigenvalue weighted by Gasteiger charge is 2.19. The van der Waals surface area contributed by atoms with Gasteiger partial charge in [-0.25, -0.2) is 0 Å². The van der Waals surface area contributed by atoms with Gasteiger partial charge in [0.1, 0.15) is 11.9 Å². The van der Waals surface area contributed by atoms with Crippen molar-refractivity contribution in [3.8, 4) is 5.75 Å². The molecule has 0 spiro atoms. The Morgan fingerprint density at radius 1 is 1.38 bits per heavy atom. The first-order chi connectivity index (χ1) is 6.24. The number of nitrogen functional groups attached to an aromatic ring is 1. The fourth-order valence-electron chi connectivity index (χ4n) is 1.32. The van der Waals surface area contributed by atoms with Gasteiger partial charge in [0.05, 0.1) is 13.2 Å². The Kier molecular flexibility index (Phi) is 2.10. The molecule has 3 heteroatoms. The summed E-state index contributed by atoms with van der Waals surface area (Å²) in [6.45, 7) is 3.38. The lowest BCUT2D eigenvalue weighted by atomic mass is 10.2. The lowest BCUT2D eigenvalue weighted by Crippen LogP contribution is -2.38. The van der Waals surface area contributed by atoms with Gasteiger partial charge in [0.25, 0.3) is 0 Å². The Morgan fingerprint density at radius 3 is 2.69 bits per heavy atom. The molecule has 70 valence electrons. The molecule has 1 fully saturated rings. The summed E-state index contributed by atoms with van der Waals surface area (Å²) in [5.41, 5.74) is 7.55. The third kappa shape index (κ3) is 1.92. The maximum atomic E-state index is 5.68. The molecule has 0 bridgehead atoms. The topological polar surface area (TPSA) is 44.5 Å². The van der Waals surface area contributed by atoms with Gasteiger partial charge in [-0.05, 0) is 24.6 Å². The lowest BCUT2D eigenvalue weighted by molar-refractivity contribution is -0.0796. The van der Waals surface area contributed by atoms with E-state index in [0.29, 0.717) is 13.2 Å². The molecule has 0 aliphatic carbocycles. The van der Waals surface area contributed by atoms with E-state index in [2.05, 4.69) is 0 Å². The van der Waals surface area contributed by atoms with E-state index in [1.807, 2.05) is 25.1 Å². The van der Waals surface area contributed by atoms with Crippen molar-refractivity contribution >= 4 is 5.69 Å². The first-order valence-corrected chi connectivity index (χ1v) is 4.35. The van der Waals surface area contributed by atoms with Crippen LogP contribution in [0.15, 0.2) is 18.2 Å². The van der Waals surface area contributed by atoms with Crippen molar-refractivity contribution in [1.29, 1.82) is 0 Å². The minimum Gasteiger partial charge on any atom is -0.486 e. The molecular formula is C10H13NO2. The summed E-state index contributed by atoms with van der Waals surface area (Å²) in [7, 11) is 0. The van der Waals surface area contributed by atoms with Crippen molar-refractivity contribution < 1.29 is 9.47 Å². The summed E-state index contributed by atoms with van der Waals surface area (Å²) in [6, 6.07) is 5.74. The van der Waals surface area contributed by atoms with Crippen molar-refractivity contribution in [3.05, 3.63) is 23.8 Å². The summed E-state index contributed by atoms with van der Waals surface area (Å²) < 4.78 is 10.6. The smallest absolute Gasteiger partial charge is 0.145 e. The Hall–Kier alpha value is -1.22. The van der Waals surface area contributed by atoms with E-state index < -0.39 is 0 Å². The van der Waals surface area contributed by atoms with E-state index in [0.717, 1.165) is 17.0 Å². The van der Waals surface area contributed by atoms with Crippen LogP contribution in [0.3, 0.4) is 0 Å². The SMILES string of the molecule is Cc1cc(N)cc(OC2COC2)c1. The molecule has 0 amide bonds. The zero-order valence-electron chi connectivity index (χ0n) is 7.62. The van der Waals surface area contributed by atoms with Gasteiger partial charge in [-0.2, -0.15) is 0 Å². The minimum absolute atomic E-state index is 0.209. The first-order valence-electron chi connectivity index (χ1n) is 4.35. The number of hydrogen-bond donors (Lipinski definition) is 1.